The highest BCUT2D eigenvalue weighted by atomic mass is 19.4. The molecule has 0 fully saturated rings. The Morgan fingerprint density at radius 2 is 1.46 bits per heavy atom. The molecule has 3 rings (SSSR count). The van der Waals surface area contributed by atoms with Crippen LogP contribution >= 0.6 is 0 Å². The molecule has 1 unspecified atom stereocenters. The van der Waals surface area contributed by atoms with Gasteiger partial charge in [0, 0.05) is 12.0 Å². The third-order valence-corrected chi connectivity index (χ3v) is 3.75. The van der Waals surface area contributed by atoms with Gasteiger partial charge >= 0.3 is 12.4 Å². The van der Waals surface area contributed by atoms with Crippen molar-refractivity contribution in [2.24, 2.45) is 0 Å². The highest BCUT2D eigenvalue weighted by Gasteiger charge is 2.35. The maximum absolute atomic E-state index is 13.1. The van der Waals surface area contributed by atoms with Crippen LogP contribution in [0.1, 0.15) is 16.7 Å². The van der Waals surface area contributed by atoms with Crippen LogP contribution in [0.4, 0.5) is 26.3 Å². The van der Waals surface area contributed by atoms with Gasteiger partial charge in [-0.2, -0.15) is 26.3 Å². The molecule has 1 aliphatic rings. The molecular formula is C17H11F6O. The molecule has 1 radical (unpaired) electrons. The van der Waals surface area contributed by atoms with Gasteiger partial charge in [0.2, 0.25) is 0 Å². The SMILES string of the molecule is [CH2]C1Cc2cc(C(F)(F)F)cc(-c3ccc(C(F)(F)F)cc3)c2O1. The average Bonchev–Trinajstić information content (AvgIpc) is 2.84. The second-order valence-electron chi connectivity index (χ2n) is 5.53. The molecule has 0 N–H and O–H groups in total. The van der Waals surface area contributed by atoms with Gasteiger partial charge in [-0.25, -0.2) is 0 Å². The minimum absolute atomic E-state index is 0.111. The topological polar surface area (TPSA) is 9.23 Å². The fourth-order valence-electron chi connectivity index (χ4n) is 2.65. The van der Waals surface area contributed by atoms with Crippen LogP contribution in [-0.2, 0) is 18.8 Å². The van der Waals surface area contributed by atoms with Gasteiger partial charge in [-0.05, 0) is 42.3 Å². The first-order valence-electron chi connectivity index (χ1n) is 6.97. The van der Waals surface area contributed by atoms with Crippen molar-refractivity contribution in [1.29, 1.82) is 0 Å². The Morgan fingerprint density at radius 1 is 0.875 bits per heavy atom. The summed E-state index contributed by atoms with van der Waals surface area (Å²) < 4.78 is 82.5. The summed E-state index contributed by atoms with van der Waals surface area (Å²) in [4.78, 5) is 0. The van der Waals surface area contributed by atoms with Crippen LogP contribution in [0.15, 0.2) is 36.4 Å². The van der Waals surface area contributed by atoms with Gasteiger partial charge in [-0.3, -0.25) is 0 Å². The van der Waals surface area contributed by atoms with Crippen molar-refractivity contribution in [2.75, 3.05) is 0 Å². The van der Waals surface area contributed by atoms with Crippen molar-refractivity contribution in [3.63, 3.8) is 0 Å². The third kappa shape index (κ3) is 3.07. The minimum atomic E-state index is -4.56. The molecule has 7 heteroatoms. The summed E-state index contributed by atoms with van der Waals surface area (Å²) in [6, 6.07) is 5.82. The molecule has 0 aromatic heterocycles. The molecule has 24 heavy (non-hydrogen) atoms. The van der Waals surface area contributed by atoms with E-state index in [2.05, 4.69) is 6.92 Å². The molecular weight excluding hydrogens is 334 g/mol. The number of fused-ring (bicyclic) bond motifs is 1. The summed E-state index contributed by atoms with van der Waals surface area (Å²) in [7, 11) is 0. The lowest BCUT2D eigenvalue weighted by molar-refractivity contribution is -0.138. The molecule has 2 aromatic rings. The zero-order valence-electron chi connectivity index (χ0n) is 12.1. The van der Waals surface area contributed by atoms with E-state index in [1.54, 1.807) is 0 Å². The predicted molar refractivity (Wildman–Crippen MR) is 75.4 cm³/mol. The van der Waals surface area contributed by atoms with E-state index in [4.69, 9.17) is 4.74 Å². The summed E-state index contributed by atoms with van der Waals surface area (Å²) in [6.45, 7) is 3.67. The van der Waals surface area contributed by atoms with E-state index >= 15 is 0 Å². The fourth-order valence-corrected chi connectivity index (χ4v) is 2.65. The number of ether oxygens (including phenoxy) is 1. The second-order valence-corrected chi connectivity index (χ2v) is 5.53. The Morgan fingerprint density at radius 3 is 2.00 bits per heavy atom. The summed E-state index contributed by atoms with van der Waals surface area (Å²) in [6.07, 6.45) is -9.39. The van der Waals surface area contributed by atoms with Gasteiger partial charge in [-0.1, -0.05) is 12.1 Å². The van der Waals surface area contributed by atoms with Crippen LogP contribution < -0.4 is 4.74 Å². The van der Waals surface area contributed by atoms with E-state index in [1.807, 2.05) is 0 Å². The summed E-state index contributed by atoms with van der Waals surface area (Å²) >= 11 is 0. The quantitative estimate of drug-likeness (QED) is 0.618. The highest BCUT2D eigenvalue weighted by molar-refractivity contribution is 5.74. The average molecular weight is 345 g/mol. The molecule has 0 aliphatic carbocycles. The van der Waals surface area contributed by atoms with Crippen LogP contribution in [-0.4, -0.2) is 6.10 Å². The first-order chi connectivity index (χ1) is 11.1. The molecule has 127 valence electrons. The molecule has 1 aliphatic heterocycles. The van der Waals surface area contributed by atoms with E-state index in [-0.39, 0.29) is 23.3 Å². The van der Waals surface area contributed by atoms with Crippen molar-refractivity contribution in [2.45, 2.75) is 24.9 Å². The van der Waals surface area contributed by atoms with E-state index in [9.17, 15) is 26.3 Å². The first-order valence-corrected chi connectivity index (χ1v) is 6.97. The Labute approximate surface area is 133 Å². The number of alkyl halides is 6. The molecule has 1 atom stereocenters. The predicted octanol–water partition coefficient (Wildman–Crippen LogP) is 5.53. The molecule has 1 heterocycles. The summed E-state index contributed by atoms with van der Waals surface area (Å²) in [5.41, 5.74) is -1.06. The summed E-state index contributed by atoms with van der Waals surface area (Å²) in [5.74, 6) is 0.239. The Bertz CT molecular complexity index is 758. The van der Waals surface area contributed by atoms with Gasteiger partial charge in [0.1, 0.15) is 11.9 Å². The van der Waals surface area contributed by atoms with Gasteiger partial charge < -0.3 is 4.74 Å². The van der Waals surface area contributed by atoms with E-state index in [0.29, 0.717) is 5.56 Å². The molecule has 0 spiro atoms. The molecule has 0 amide bonds. The van der Waals surface area contributed by atoms with Gasteiger partial charge in [0.05, 0.1) is 11.1 Å². The Hall–Kier alpha value is -2.18. The van der Waals surface area contributed by atoms with Gasteiger partial charge in [-0.15, -0.1) is 0 Å². The smallest absolute Gasteiger partial charge is 0.416 e. The van der Waals surface area contributed by atoms with E-state index in [0.717, 1.165) is 36.4 Å². The van der Waals surface area contributed by atoms with Crippen LogP contribution in [0.3, 0.4) is 0 Å². The lowest BCUT2D eigenvalue weighted by atomic mass is 9.96. The lowest BCUT2D eigenvalue weighted by Gasteiger charge is -2.14. The monoisotopic (exact) mass is 345 g/mol. The standard InChI is InChI=1S/C17H11F6O/c1-9-6-11-7-13(17(21,22)23)8-14(15(11)24-9)10-2-4-12(5-3-10)16(18,19)20/h2-5,7-9H,1,6H2. The Balaban J connectivity index is 2.12. The largest absolute Gasteiger partial charge is 0.489 e. The van der Waals surface area contributed by atoms with E-state index in [1.165, 1.54) is 0 Å². The van der Waals surface area contributed by atoms with E-state index < -0.39 is 29.6 Å². The van der Waals surface area contributed by atoms with Crippen molar-refractivity contribution < 1.29 is 31.1 Å². The van der Waals surface area contributed by atoms with Crippen molar-refractivity contribution in [1.82, 2.24) is 0 Å². The van der Waals surface area contributed by atoms with Crippen molar-refractivity contribution in [3.8, 4) is 16.9 Å². The van der Waals surface area contributed by atoms with Crippen LogP contribution in [0.2, 0.25) is 0 Å². The Kier molecular flexibility index (Phi) is 3.77. The zero-order valence-corrected chi connectivity index (χ0v) is 12.1. The zero-order chi connectivity index (χ0) is 17.7. The lowest BCUT2D eigenvalue weighted by Crippen LogP contribution is -2.06. The number of benzene rings is 2. The molecule has 0 bridgehead atoms. The first kappa shape index (κ1) is 16.7. The number of rotatable bonds is 1. The number of hydrogen-bond acceptors (Lipinski definition) is 1. The normalized spacial score (nSPS) is 17.5. The molecule has 0 saturated heterocycles. The van der Waals surface area contributed by atoms with Gasteiger partial charge in [0.25, 0.3) is 0 Å². The van der Waals surface area contributed by atoms with Crippen molar-refractivity contribution in [3.05, 3.63) is 60.0 Å². The van der Waals surface area contributed by atoms with Crippen LogP contribution in [0, 0.1) is 6.92 Å². The fraction of sp³-hybridized carbons (Fsp3) is 0.235. The minimum Gasteiger partial charge on any atom is -0.489 e. The molecule has 1 nitrogen and oxygen atoms in total. The van der Waals surface area contributed by atoms with Crippen molar-refractivity contribution >= 4 is 0 Å². The second kappa shape index (κ2) is 5.43. The highest BCUT2D eigenvalue weighted by Crippen LogP contribution is 2.43. The maximum Gasteiger partial charge on any atom is 0.416 e. The molecule has 0 saturated carbocycles. The molecule has 2 aromatic carbocycles. The number of hydrogen-bond donors (Lipinski definition) is 0. The van der Waals surface area contributed by atoms with Crippen LogP contribution in [0.25, 0.3) is 11.1 Å². The van der Waals surface area contributed by atoms with Gasteiger partial charge in [0.15, 0.2) is 0 Å². The number of halogens is 6. The summed E-state index contributed by atoms with van der Waals surface area (Å²) in [5, 5.41) is 0. The van der Waals surface area contributed by atoms with Crippen LogP contribution in [0.5, 0.6) is 5.75 Å². The maximum atomic E-state index is 13.1. The third-order valence-electron chi connectivity index (χ3n) is 3.75.